The number of esters is 1. The molecule has 0 unspecified atom stereocenters. The minimum Gasteiger partial charge on any atom is -0.464 e. The molecule has 0 spiro atoms. The van der Waals surface area contributed by atoms with Crippen LogP contribution in [-0.2, 0) is 15.1 Å². The van der Waals surface area contributed by atoms with Crippen LogP contribution in [0.5, 0.6) is 0 Å². The number of hydrogen-bond donors (Lipinski definition) is 0. The third-order valence-corrected chi connectivity index (χ3v) is 5.63. The van der Waals surface area contributed by atoms with E-state index in [4.69, 9.17) is 14.1 Å². The van der Waals surface area contributed by atoms with Crippen LogP contribution < -0.4 is 5.56 Å². The second kappa shape index (κ2) is 7.33. The van der Waals surface area contributed by atoms with Gasteiger partial charge in [-0.05, 0) is 32.9 Å². The zero-order chi connectivity index (χ0) is 20.6. The molecule has 0 saturated heterocycles. The fourth-order valence-electron chi connectivity index (χ4n) is 3.30. The number of aromatic nitrogens is 2. The van der Waals surface area contributed by atoms with Crippen molar-refractivity contribution in [2.24, 2.45) is 0 Å². The number of furan rings is 1. The fourth-order valence-corrected chi connectivity index (χ4v) is 4.22. The summed E-state index contributed by atoms with van der Waals surface area (Å²) in [6.07, 6.45) is 1.56. The van der Waals surface area contributed by atoms with Gasteiger partial charge in [-0.25, -0.2) is 9.78 Å². The van der Waals surface area contributed by atoms with Crippen molar-refractivity contribution in [2.45, 2.75) is 26.3 Å². The maximum atomic E-state index is 13.7. The molecule has 0 N–H and O–H groups in total. The Kier molecular flexibility index (Phi) is 4.84. The molecule has 0 aliphatic rings. The second-order valence-electron chi connectivity index (χ2n) is 7.03. The van der Waals surface area contributed by atoms with E-state index < -0.39 is 11.5 Å². The summed E-state index contributed by atoms with van der Waals surface area (Å²) >= 11 is 1.37. The normalized spacial score (nSPS) is 11.7. The van der Waals surface area contributed by atoms with Crippen molar-refractivity contribution in [3.05, 3.63) is 64.5 Å². The van der Waals surface area contributed by atoms with Crippen molar-refractivity contribution in [3.8, 4) is 22.7 Å². The SMILES string of the molecule is CCOC(=O)C(C)(C)n1c(-c2ccccc2)nc2scc(-c3ccco3)c2c1=O. The predicted molar refractivity (Wildman–Crippen MR) is 113 cm³/mol. The first-order chi connectivity index (χ1) is 13.9. The first-order valence-electron chi connectivity index (χ1n) is 9.26. The minimum atomic E-state index is -1.25. The fraction of sp³-hybridized carbons (Fsp3) is 0.227. The molecule has 0 saturated carbocycles. The second-order valence-corrected chi connectivity index (χ2v) is 7.89. The van der Waals surface area contributed by atoms with Crippen molar-refractivity contribution < 1.29 is 13.9 Å². The molecule has 29 heavy (non-hydrogen) atoms. The van der Waals surface area contributed by atoms with Gasteiger partial charge >= 0.3 is 5.97 Å². The Hall–Kier alpha value is -3.19. The van der Waals surface area contributed by atoms with Gasteiger partial charge in [-0.15, -0.1) is 11.3 Å². The van der Waals surface area contributed by atoms with Crippen LogP contribution in [0, 0.1) is 0 Å². The van der Waals surface area contributed by atoms with Gasteiger partial charge in [0.1, 0.15) is 22.0 Å². The highest BCUT2D eigenvalue weighted by atomic mass is 32.1. The Morgan fingerprint density at radius 1 is 1.21 bits per heavy atom. The van der Waals surface area contributed by atoms with Gasteiger partial charge in [0.25, 0.3) is 5.56 Å². The van der Waals surface area contributed by atoms with Gasteiger partial charge in [0.2, 0.25) is 0 Å². The summed E-state index contributed by atoms with van der Waals surface area (Å²) < 4.78 is 12.2. The number of benzene rings is 1. The van der Waals surface area contributed by atoms with Crippen LogP contribution in [0.4, 0.5) is 0 Å². The van der Waals surface area contributed by atoms with Crippen LogP contribution >= 0.6 is 11.3 Å². The van der Waals surface area contributed by atoms with E-state index in [0.717, 1.165) is 5.56 Å². The van der Waals surface area contributed by atoms with Gasteiger partial charge in [0, 0.05) is 16.5 Å². The number of nitrogens with zero attached hydrogens (tertiary/aromatic N) is 2. The van der Waals surface area contributed by atoms with Crippen molar-refractivity contribution in [2.75, 3.05) is 6.61 Å². The molecule has 4 aromatic rings. The molecular weight excluding hydrogens is 388 g/mol. The Morgan fingerprint density at radius 3 is 2.62 bits per heavy atom. The van der Waals surface area contributed by atoms with Gasteiger partial charge in [0.15, 0.2) is 0 Å². The van der Waals surface area contributed by atoms with Crippen LogP contribution in [0.15, 0.2) is 63.3 Å². The van der Waals surface area contributed by atoms with Crippen molar-refractivity contribution >= 4 is 27.5 Å². The van der Waals surface area contributed by atoms with Gasteiger partial charge < -0.3 is 9.15 Å². The minimum absolute atomic E-state index is 0.226. The molecule has 0 atom stereocenters. The van der Waals surface area contributed by atoms with E-state index in [1.807, 2.05) is 35.7 Å². The van der Waals surface area contributed by atoms with Crippen LogP contribution in [0.3, 0.4) is 0 Å². The third kappa shape index (κ3) is 3.17. The lowest BCUT2D eigenvalue weighted by Gasteiger charge is -2.27. The van der Waals surface area contributed by atoms with E-state index in [1.165, 1.54) is 15.9 Å². The molecule has 0 bridgehead atoms. The molecule has 4 rings (SSSR count). The number of thiophene rings is 1. The Labute approximate surface area is 171 Å². The lowest BCUT2D eigenvalue weighted by Crippen LogP contribution is -2.45. The number of hydrogen-bond acceptors (Lipinski definition) is 6. The van der Waals surface area contributed by atoms with Crippen LogP contribution in [0.2, 0.25) is 0 Å². The van der Waals surface area contributed by atoms with E-state index in [2.05, 4.69) is 0 Å². The summed E-state index contributed by atoms with van der Waals surface area (Å²) in [6.45, 7) is 5.31. The molecule has 1 aromatic carbocycles. The summed E-state index contributed by atoms with van der Waals surface area (Å²) in [5.74, 6) is 0.521. The lowest BCUT2D eigenvalue weighted by atomic mass is 10.0. The van der Waals surface area contributed by atoms with E-state index in [9.17, 15) is 9.59 Å². The van der Waals surface area contributed by atoms with E-state index >= 15 is 0 Å². The van der Waals surface area contributed by atoms with E-state index in [1.54, 1.807) is 39.2 Å². The molecule has 0 aliphatic carbocycles. The van der Waals surface area contributed by atoms with Crippen molar-refractivity contribution in [3.63, 3.8) is 0 Å². The highest BCUT2D eigenvalue weighted by Gasteiger charge is 2.36. The standard InChI is InChI=1S/C22H20N2O4S/c1-4-27-21(26)22(2,3)24-18(14-9-6-5-7-10-14)23-19-17(20(24)25)15(13-29-19)16-11-8-12-28-16/h5-13H,4H2,1-3H3. The number of carbonyl (C=O) groups is 1. The van der Waals surface area contributed by atoms with Gasteiger partial charge in [0.05, 0.1) is 18.3 Å². The number of rotatable bonds is 5. The number of ether oxygens (including phenoxy) is 1. The van der Waals surface area contributed by atoms with Crippen LogP contribution in [-0.4, -0.2) is 22.1 Å². The lowest BCUT2D eigenvalue weighted by molar-refractivity contribution is -0.152. The summed E-state index contributed by atoms with van der Waals surface area (Å²) in [4.78, 5) is 31.9. The Balaban J connectivity index is 2.07. The first-order valence-corrected chi connectivity index (χ1v) is 10.1. The summed E-state index contributed by atoms with van der Waals surface area (Å²) in [6, 6.07) is 12.9. The van der Waals surface area contributed by atoms with Crippen LogP contribution in [0.1, 0.15) is 20.8 Å². The Bertz CT molecular complexity index is 1220. The summed E-state index contributed by atoms with van der Waals surface area (Å²) in [7, 11) is 0. The zero-order valence-corrected chi connectivity index (χ0v) is 17.2. The summed E-state index contributed by atoms with van der Waals surface area (Å²) in [5, 5.41) is 2.29. The van der Waals surface area contributed by atoms with Crippen molar-refractivity contribution in [1.82, 2.24) is 9.55 Å². The molecule has 0 amide bonds. The molecule has 148 valence electrons. The van der Waals surface area contributed by atoms with E-state index in [-0.39, 0.29) is 12.2 Å². The largest absolute Gasteiger partial charge is 0.464 e. The maximum Gasteiger partial charge on any atom is 0.331 e. The molecule has 7 heteroatoms. The third-order valence-electron chi connectivity index (χ3n) is 4.76. The molecule has 0 radical (unpaired) electrons. The average molecular weight is 408 g/mol. The highest BCUT2D eigenvalue weighted by molar-refractivity contribution is 7.17. The first kappa shape index (κ1) is 19.1. The molecule has 0 aliphatic heterocycles. The molecule has 6 nitrogen and oxygen atoms in total. The Morgan fingerprint density at radius 2 is 1.97 bits per heavy atom. The van der Waals surface area contributed by atoms with Crippen LogP contribution in [0.25, 0.3) is 32.9 Å². The maximum absolute atomic E-state index is 13.7. The summed E-state index contributed by atoms with van der Waals surface area (Å²) in [5.41, 5.74) is -0.140. The topological polar surface area (TPSA) is 74.3 Å². The quantitative estimate of drug-likeness (QED) is 0.448. The van der Waals surface area contributed by atoms with Gasteiger partial charge in [-0.3, -0.25) is 9.36 Å². The number of carbonyl (C=O) groups excluding carboxylic acids is 1. The van der Waals surface area contributed by atoms with Gasteiger partial charge in [-0.2, -0.15) is 0 Å². The molecule has 0 fully saturated rings. The highest BCUT2D eigenvalue weighted by Crippen LogP contribution is 2.34. The van der Waals surface area contributed by atoms with Gasteiger partial charge in [-0.1, -0.05) is 30.3 Å². The van der Waals surface area contributed by atoms with E-state index in [0.29, 0.717) is 27.4 Å². The monoisotopic (exact) mass is 408 g/mol. The molecule has 3 heterocycles. The molecular formula is C22H20N2O4S. The molecule has 3 aromatic heterocycles. The number of fused-ring (bicyclic) bond motifs is 1. The predicted octanol–water partition coefficient (Wildman–Crippen LogP) is 4.68. The smallest absolute Gasteiger partial charge is 0.331 e. The zero-order valence-electron chi connectivity index (χ0n) is 16.3. The average Bonchev–Trinajstić information content (AvgIpc) is 3.38. The van der Waals surface area contributed by atoms with Crippen molar-refractivity contribution in [1.29, 1.82) is 0 Å².